The summed E-state index contributed by atoms with van der Waals surface area (Å²) in [7, 11) is 0. The van der Waals surface area contributed by atoms with Crippen LogP contribution in [0.25, 0.3) is 23.4 Å². The summed E-state index contributed by atoms with van der Waals surface area (Å²) < 4.78 is 3.14. The molecule has 0 atom stereocenters. The van der Waals surface area contributed by atoms with Crippen molar-refractivity contribution in [1.82, 2.24) is 9.55 Å². The van der Waals surface area contributed by atoms with E-state index < -0.39 is 0 Å². The summed E-state index contributed by atoms with van der Waals surface area (Å²) in [6.45, 7) is 0.665. The van der Waals surface area contributed by atoms with Crippen LogP contribution < -0.4 is 5.73 Å². The van der Waals surface area contributed by atoms with Crippen molar-refractivity contribution in [3.05, 3.63) is 104 Å². The molecular formula is C24H18BrCl2N3. The van der Waals surface area contributed by atoms with Crippen molar-refractivity contribution in [3.63, 3.8) is 0 Å². The summed E-state index contributed by atoms with van der Waals surface area (Å²) in [5.74, 6) is 0.829. The maximum Gasteiger partial charge on any atom is 0.133 e. The fraction of sp³-hybridized carbons (Fsp3) is 0.0417. The molecule has 0 aliphatic heterocycles. The van der Waals surface area contributed by atoms with Crippen LogP contribution in [0.1, 0.15) is 17.0 Å². The zero-order valence-electron chi connectivity index (χ0n) is 15.9. The van der Waals surface area contributed by atoms with Gasteiger partial charge < -0.3 is 10.3 Å². The second-order valence-electron chi connectivity index (χ2n) is 6.86. The van der Waals surface area contributed by atoms with Gasteiger partial charge in [-0.25, -0.2) is 4.98 Å². The maximum atomic E-state index is 6.42. The van der Waals surface area contributed by atoms with Crippen LogP contribution in [0.15, 0.2) is 77.4 Å². The average molecular weight is 499 g/mol. The Bertz CT molecular complexity index is 1200. The van der Waals surface area contributed by atoms with Crippen LogP contribution in [0.4, 0.5) is 5.69 Å². The SMILES string of the molecule is Nc1ccc(Cn2cc(-c3ccc(Cl)cc3Cl)nc2/C=C/c2ccc(Br)cc2)cc1. The van der Waals surface area contributed by atoms with E-state index in [0.717, 1.165) is 38.4 Å². The van der Waals surface area contributed by atoms with Gasteiger partial charge in [0, 0.05) is 33.5 Å². The van der Waals surface area contributed by atoms with Crippen molar-refractivity contribution in [2.75, 3.05) is 5.73 Å². The minimum absolute atomic E-state index is 0.572. The molecule has 0 amide bonds. The predicted molar refractivity (Wildman–Crippen MR) is 131 cm³/mol. The molecule has 1 heterocycles. The first-order chi connectivity index (χ1) is 14.5. The van der Waals surface area contributed by atoms with E-state index in [1.807, 2.05) is 79.0 Å². The Kier molecular flexibility index (Phi) is 6.28. The van der Waals surface area contributed by atoms with Gasteiger partial charge in [-0.2, -0.15) is 0 Å². The van der Waals surface area contributed by atoms with E-state index in [1.54, 1.807) is 6.07 Å². The van der Waals surface area contributed by atoms with Crippen molar-refractivity contribution in [1.29, 1.82) is 0 Å². The van der Waals surface area contributed by atoms with Gasteiger partial charge in [-0.3, -0.25) is 0 Å². The average Bonchev–Trinajstić information content (AvgIpc) is 3.11. The molecule has 30 heavy (non-hydrogen) atoms. The molecule has 0 aliphatic rings. The van der Waals surface area contributed by atoms with Gasteiger partial charge in [-0.05, 0) is 59.7 Å². The Morgan fingerprint density at radius 1 is 0.933 bits per heavy atom. The molecule has 0 fully saturated rings. The summed E-state index contributed by atoms with van der Waals surface area (Å²) in [4.78, 5) is 4.83. The van der Waals surface area contributed by atoms with Gasteiger partial charge in [0.1, 0.15) is 5.82 Å². The van der Waals surface area contributed by atoms with E-state index in [0.29, 0.717) is 16.6 Å². The standard InChI is InChI=1S/C24H18BrCl2N3/c25-18-6-1-16(2-7-18)5-12-24-29-23(21-11-8-19(26)13-22(21)27)15-30(24)14-17-3-9-20(28)10-4-17/h1-13,15H,14,28H2/b12-5+. The van der Waals surface area contributed by atoms with Crippen molar-refractivity contribution in [2.24, 2.45) is 0 Å². The number of nitrogen functional groups attached to an aromatic ring is 1. The third-order valence-corrected chi connectivity index (χ3v) is 5.72. The molecule has 0 unspecified atom stereocenters. The first-order valence-electron chi connectivity index (χ1n) is 9.28. The number of hydrogen-bond donors (Lipinski definition) is 1. The molecule has 0 bridgehead atoms. The first-order valence-corrected chi connectivity index (χ1v) is 10.8. The number of nitrogens with zero attached hydrogens (tertiary/aromatic N) is 2. The summed E-state index contributed by atoms with van der Waals surface area (Å²) in [6.07, 6.45) is 6.06. The number of halogens is 3. The van der Waals surface area contributed by atoms with Gasteiger partial charge in [0.05, 0.1) is 10.7 Å². The highest BCUT2D eigenvalue weighted by Gasteiger charge is 2.12. The molecule has 0 radical (unpaired) electrons. The van der Waals surface area contributed by atoms with Crippen LogP contribution in [0.3, 0.4) is 0 Å². The molecule has 150 valence electrons. The molecule has 2 N–H and O–H groups in total. The number of hydrogen-bond acceptors (Lipinski definition) is 2. The zero-order chi connectivity index (χ0) is 21.1. The minimum atomic E-state index is 0.572. The Hall–Kier alpha value is -2.53. The Morgan fingerprint density at radius 3 is 2.37 bits per heavy atom. The molecule has 4 aromatic rings. The number of rotatable bonds is 5. The van der Waals surface area contributed by atoms with Crippen LogP contribution in [0.5, 0.6) is 0 Å². The highest BCUT2D eigenvalue weighted by Crippen LogP contribution is 2.30. The molecule has 0 saturated heterocycles. The molecule has 0 saturated carbocycles. The van der Waals surface area contributed by atoms with Crippen LogP contribution in [0.2, 0.25) is 10.0 Å². The number of benzene rings is 3. The highest BCUT2D eigenvalue weighted by atomic mass is 79.9. The minimum Gasteiger partial charge on any atom is -0.399 e. The lowest BCUT2D eigenvalue weighted by Crippen LogP contribution is -2.01. The lowest BCUT2D eigenvalue weighted by atomic mass is 10.2. The fourth-order valence-corrected chi connectivity index (χ4v) is 3.85. The fourth-order valence-electron chi connectivity index (χ4n) is 3.08. The highest BCUT2D eigenvalue weighted by molar-refractivity contribution is 9.10. The van der Waals surface area contributed by atoms with Crippen molar-refractivity contribution in [3.8, 4) is 11.3 Å². The lowest BCUT2D eigenvalue weighted by Gasteiger charge is -2.06. The number of imidazole rings is 1. The Balaban J connectivity index is 1.72. The number of anilines is 1. The van der Waals surface area contributed by atoms with Gasteiger partial charge >= 0.3 is 0 Å². The van der Waals surface area contributed by atoms with Gasteiger partial charge in [0.25, 0.3) is 0 Å². The summed E-state index contributed by atoms with van der Waals surface area (Å²) in [6, 6.07) is 21.4. The van der Waals surface area contributed by atoms with Gasteiger partial charge in [0.2, 0.25) is 0 Å². The predicted octanol–water partition coefficient (Wildman–Crippen LogP) is 7.42. The molecule has 3 nitrogen and oxygen atoms in total. The van der Waals surface area contributed by atoms with Gasteiger partial charge in [-0.1, -0.05) is 69.5 Å². The Labute approximate surface area is 193 Å². The summed E-state index contributed by atoms with van der Waals surface area (Å²) in [5.41, 5.74) is 10.4. The van der Waals surface area contributed by atoms with Crippen LogP contribution in [0, 0.1) is 0 Å². The van der Waals surface area contributed by atoms with E-state index in [1.165, 1.54) is 0 Å². The first kappa shape index (κ1) is 20.7. The van der Waals surface area contributed by atoms with Crippen molar-refractivity contribution in [2.45, 2.75) is 6.54 Å². The normalized spacial score (nSPS) is 11.3. The lowest BCUT2D eigenvalue weighted by molar-refractivity contribution is 0.787. The van der Waals surface area contributed by atoms with E-state index in [2.05, 4.69) is 20.5 Å². The third-order valence-electron chi connectivity index (χ3n) is 4.64. The molecule has 0 aliphatic carbocycles. The zero-order valence-corrected chi connectivity index (χ0v) is 19.0. The third kappa shape index (κ3) is 4.96. The van der Waals surface area contributed by atoms with Gasteiger partial charge in [-0.15, -0.1) is 0 Å². The molecule has 0 spiro atoms. The van der Waals surface area contributed by atoms with Crippen molar-refractivity contribution >= 4 is 57.0 Å². The molecule has 6 heteroatoms. The Morgan fingerprint density at radius 2 is 1.67 bits per heavy atom. The topological polar surface area (TPSA) is 43.8 Å². The largest absolute Gasteiger partial charge is 0.399 e. The monoisotopic (exact) mass is 497 g/mol. The quantitative estimate of drug-likeness (QED) is 0.291. The molecular weight excluding hydrogens is 481 g/mol. The molecule has 3 aromatic carbocycles. The van der Waals surface area contributed by atoms with Crippen LogP contribution in [-0.4, -0.2) is 9.55 Å². The smallest absolute Gasteiger partial charge is 0.133 e. The van der Waals surface area contributed by atoms with E-state index in [-0.39, 0.29) is 0 Å². The second-order valence-corrected chi connectivity index (χ2v) is 8.62. The van der Waals surface area contributed by atoms with Crippen LogP contribution in [-0.2, 0) is 6.54 Å². The summed E-state index contributed by atoms with van der Waals surface area (Å²) >= 11 is 15.9. The van der Waals surface area contributed by atoms with Crippen molar-refractivity contribution < 1.29 is 0 Å². The molecule has 4 rings (SSSR count). The summed E-state index contributed by atoms with van der Waals surface area (Å²) in [5, 5.41) is 1.17. The second kappa shape index (κ2) is 9.09. The maximum absolute atomic E-state index is 6.42. The number of aromatic nitrogens is 2. The number of nitrogens with two attached hydrogens (primary N) is 1. The van der Waals surface area contributed by atoms with E-state index >= 15 is 0 Å². The van der Waals surface area contributed by atoms with E-state index in [9.17, 15) is 0 Å². The van der Waals surface area contributed by atoms with E-state index in [4.69, 9.17) is 33.9 Å². The van der Waals surface area contributed by atoms with Crippen LogP contribution >= 0.6 is 39.1 Å². The van der Waals surface area contributed by atoms with Gasteiger partial charge in [0.15, 0.2) is 0 Å². The molecule has 1 aromatic heterocycles.